The smallest absolute Gasteiger partial charge is 0.305 e. The monoisotopic (exact) mass is 240 g/mol. The lowest BCUT2D eigenvalue weighted by atomic mass is 10.2. The number of hydrogen-bond acceptors (Lipinski definition) is 3. The van der Waals surface area contributed by atoms with Crippen molar-refractivity contribution in [2.24, 2.45) is 5.73 Å². The highest BCUT2D eigenvalue weighted by atomic mass is 19.1. The second-order valence-electron chi connectivity index (χ2n) is 3.66. The van der Waals surface area contributed by atoms with E-state index < -0.39 is 30.2 Å². The van der Waals surface area contributed by atoms with Crippen molar-refractivity contribution in [3.63, 3.8) is 0 Å². The maximum Gasteiger partial charge on any atom is 0.305 e. The van der Waals surface area contributed by atoms with Gasteiger partial charge in [0.05, 0.1) is 12.5 Å². The Bertz CT molecular complexity index is 448. The maximum atomic E-state index is 13.2. The first-order valence-electron chi connectivity index (χ1n) is 4.94. The summed E-state index contributed by atoms with van der Waals surface area (Å²) in [6.07, 6.45) is -0.472. The number of halogens is 1. The van der Waals surface area contributed by atoms with E-state index in [1.54, 1.807) is 6.92 Å². The van der Waals surface area contributed by atoms with E-state index in [-0.39, 0.29) is 5.69 Å². The van der Waals surface area contributed by atoms with Crippen LogP contribution in [0.5, 0.6) is 0 Å². The van der Waals surface area contributed by atoms with E-state index in [1.165, 1.54) is 12.1 Å². The van der Waals surface area contributed by atoms with E-state index in [1.807, 2.05) is 0 Å². The van der Waals surface area contributed by atoms with E-state index in [2.05, 4.69) is 5.32 Å². The van der Waals surface area contributed by atoms with Crippen LogP contribution in [-0.4, -0.2) is 23.0 Å². The van der Waals surface area contributed by atoms with Gasteiger partial charge in [-0.25, -0.2) is 4.39 Å². The van der Waals surface area contributed by atoms with Gasteiger partial charge in [0.15, 0.2) is 0 Å². The number of carboxylic acid groups (broad SMARTS) is 1. The van der Waals surface area contributed by atoms with Gasteiger partial charge in [0.2, 0.25) is 5.91 Å². The molecule has 17 heavy (non-hydrogen) atoms. The van der Waals surface area contributed by atoms with E-state index >= 15 is 0 Å². The van der Waals surface area contributed by atoms with Crippen LogP contribution in [-0.2, 0) is 9.59 Å². The first-order chi connectivity index (χ1) is 7.90. The lowest BCUT2D eigenvalue weighted by Crippen LogP contribution is -2.37. The molecule has 0 aromatic heterocycles. The molecule has 0 radical (unpaired) electrons. The number of benzene rings is 1. The number of nitrogens with one attached hydrogen (secondary N) is 1. The Balaban J connectivity index is 2.67. The molecular formula is C11H13FN2O3. The van der Waals surface area contributed by atoms with Gasteiger partial charge in [-0.3, -0.25) is 9.59 Å². The molecule has 1 amide bonds. The zero-order valence-corrected chi connectivity index (χ0v) is 9.24. The SMILES string of the molecule is Cc1ccc(NC(=O)C(N)CC(=O)O)cc1F. The summed E-state index contributed by atoms with van der Waals surface area (Å²) in [4.78, 5) is 21.8. The van der Waals surface area contributed by atoms with Gasteiger partial charge in [0, 0.05) is 5.69 Å². The molecule has 1 aromatic rings. The van der Waals surface area contributed by atoms with Crippen LogP contribution in [0.15, 0.2) is 18.2 Å². The van der Waals surface area contributed by atoms with E-state index in [0.717, 1.165) is 6.07 Å². The van der Waals surface area contributed by atoms with Crippen LogP contribution in [0.25, 0.3) is 0 Å². The van der Waals surface area contributed by atoms with Crippen LogP contribution in [0.1, 0.15) is 12.0 Å². The third-order valence-corrected chi connectivity index (χ3v) is 2.17. The van der Waals surface area contributed by atoms with Crippen LogP contribution in [0.3, 0.4) is 0 Å². The van der Waals surface area contributed by atoms with Gasteiger partial charge in [-0.2, -0.15) is 0 Å². The zero-order valence-electron chi connectivity index (χ0n) is 9.24. The van der Waals surface area contributed by atoms with Crippen molar-refractivity contribution < 1.29 is 19.1 Å². The van der Waals surface area contributed by atoms with Crippen LogP contribution < -0.4 is 11.1 Å². The Hall–Kier alpha value is -1.95. The molecule has 0 aliphatic rings. The fourth-order valence-corrected chi connectivity index (χ4v) is 1.19. The molecule has 1 aromatic carbocycles. The van der Waals surface area contributed by atoms with Gasteiger partial charge in [0.25, 0.3) is 0 Å². The number of carbonyl (C=O) groups is 2. The Kier molecular flexibility index (Phi) is 4.17. The van der Waals surface area contributed by atoms with Gasteiger partial charge < -0.3 is 16.2 Å². The minimum atomic E-state index is -1.16. The number of aryl methyl sites for hydroxylation is 1. The second kappa shape index (κ2) is 5.40. The summed E-state index contributed by atoms with van der Waals surface area (Å²) in [6, 6.07) is 3.02. The Morgan fingerprint density at radius 2 is 2.18 bits per heavy atom. The predicted molar refractivity (Wildman–Crippen MR) is 60.0 cm³/mol. The van der Waals surface area contributed by atoms with Crippen LogP contribution in [0, 0.1) is 12.7 Å². The third kappa shape index (κ3) is 3.84. The molecule has 0 bridgehead atoms. The largest absolute Gasteiger partial charge is 0.481 e. The quantitative estimate of drug-likeness (QED) is 0.728. The topological polar surface area (TPSA) is 92.4 Å². The Morgan fingerprint density at radius 3 is 2.71 bits per heavy atom. The van der Waals surface area contributed by atoms with Gasteiger partial charge in [0.1, 0.15) is 5.82 Å². The summed E-state index contributed by atoms with van der Waals surface area (Å²) in [5.41, 5.74) is 6.05. The van der Waals surface area contributed by atoms with Crippen molar-refractivity contribution >= 4 is 17.6 Å². The van der Waals surface area contributed by atoms with E-state index in [4.69, 9.17) is 10.8 Å². The van der Waals surface area contributed by atoms with E-state index in [0.29, 0.717) is 5.56 Å². The Morgan fingerprint density at radius 1 is 1.53 bits per heavy atom. The molecule has 0 fully saturated rings. The summed E-state index contributed by atoms with van der Waals surface area (Å²) in [6.45, 7) is 1.59. The first-order valence-corrected chi connectivity index (χ1v) is 4.94. The number of nitrogens with two attached hydrogens (primary N) is 1. The number of carbonyl (C=O) groups excluding carboxylic acids is 1. The molecule has 0 spiro atoms. The summed E-state index contributed by atoms with van der Waals surface area (Å²) in [5, 5.41) is 10.8. The van der Waals surface area contributed by atoms with Crippen molar-refractivity contribution in [2.75, 3.05) is 5.32 Å². The minimum absolute atomic E-state index is 0.249. The van der Waals surface area contributed by atoms with Crippen molar-refractivity contribution in [1.82, 2.24) is 0 Å². The molecule has 92 valence electrons. The molecule has 1 rings (SSSR count). The van der Waals surface area contributed by atoms with Gasteiger partial charge in [-0.1, -0.05) is 6.07 Å². The van der Waals surface area contributed by atoms with Gasteiger partial charge in [-0.05, 0) is 24.6 Å². The minimum Gasteiger partial charge on any atom is -0.481 e. The highest BCUT2D eigenvalue weighted by molar-refractivity contribution is 5.96. The van der Waals surface area contributed by atoms with Gasteiger partial charge in [-0.15, -0.1) is 0 Å². The van der Waals surface area contributed by atoms with Crippen molar-refractivity contribution in [1.29, 1.82) is 0 Å². The van der Waals surface area contributed by atoms with Crippen LogP contribution in [0.2, 0.25) is 0 Å². The number of amides is 1. The summed E-state index contributed by atoms with van der Waals surface area (Å²) in [7, 11) is 0. The zero-order chi connectivity index (χ0) is 13.0. The average Bonchev–Trinajstić information content (AvgIpc) is 2.22. The van der Waals surface area contributed by atoms with Crippen molar-refractivity contribution in [3.8, 4) is 0 Å². The molecule has 0 aliphatic carbocycles. The number of hydrogen-bond donors (Lipinski definition) is 3. The summed E-state index contributed by atoms with van der Waals surface area (Å²) < 4.78 is 13.2. The molecule has 0 saturated heterocycles. The maximum absolute atomic E-state index is 13.2. The standard InChI is InChI=1S/C11H13FN2O3/c1-6-2-3-7(4-8(6)12)14-11(17)9(13)5-10(15)16/h2-4,9H,5,13H2,1H3,(H,14,17)(H,15,16). The molecule has 0 heterocycles. The number of carboxylic acids is 1. The summed E-state index contributed by atoms with van der Waals surface area (Å²) >= 11 is 0. The fraction of sp³-hybridized carbons (Fsp3) is 0.273. The van der Waals surface area contributed by atoms with Gasteiger partial charge >= 0.3 is 5.97 Å². The number of rotatable bonds is 4. The highest BCUT2D eigenvalue weighted by Crippen LogP contribution is 2.13. The average molecular weight is 240 g/mol. The summed E-state index contributed by atoms with van der Waals surface area (Å²) in [5.74, 6) is -2.27. The lowest BCUT2D eigenvalue weighted by molar-refractivity contribution is -0.138. The van der Waals surface area contributed by atoms with Crippen LogP contribution in [0.4, 0.5) is 10.1 Å². The molecule has 4 N–H and O–H groups in total. The Labute approximate surface area is 97.4 Å². The molecule has 0 aliphatic heterocycles. The lowest BCUT2D eigenvalue weighted by Gasteiger charge is -2.10. The highest BCUT2D eigenvalue weighted by Gasteiger charge is 2.17. The van der Waals surface area contributed by atoms with E-state index in [9.17, 15) is 14.0 Å². The van der Waals surface area contributed by atoms with Crippen LogP contribution >= 0.6 is 0 Å². The molecule has 1 atom stereocenters. The third-order valence-electron chi connectivity index (χ3n) is 2.17. The second-order valence-corrected chi connectivity index (χ2v) is 3.66. The molecule has 5 nitrogen and oxygen atoms in total. The number of aliphatic carboxylic acids is 1. The fourth-order valence-electron chi connectivity index (χ4n) is 1.19. The predicted octanol–water partition coefficient (Wildman–Crippen LogP) is 0.875. The molecular weight excluding hydrogens is 227 g/mol. The molecule has 6 heteroatoms. The molecule has 1 unspecified atom stereocenters. The number of anilines is 1. The molecule has 0 saturated carbocycles. The van der Waals surface area contributed by atoms with Crippen molar-refractivity contribution in [3.05, 3.63) is 29.6 Å². The van der Waals surface area contributed by atoms with Crippen molar-refractivity contribution in [2.45, 2.75) is 19.4 Å². The first kappa shape index (κ1) is 13.1. The normalized spacial score (nSPS) is 11.9.